The van der Waals surface area contributed by atoms with Crippen molar-refractivity contribution in [1.29, 1.82) is 0 Å². The molecule has 94 valence electrons. The fourth-order valence-corrected chi connectivity index (χ4v) is 2.26. The predicted molar refractivity (Wildman–Crippen MR) is 72.0 cm³/mol. The number of anilines is 1. The summed E-state index contributed by atoms with van der Waals surface area (Å²) in [6.45, 7) is 4.64. The fourth-order valence-electron chi connectivity index (χ4n) is 1.58. The summed E-state index contributed by atoms with van der Waals surface area (Å²) in [5.74, 6) is 1.05. The maximum absolute atomic E-state index is 11.1. The molecule has 1 heterocycles. The van der Waals surface area contributed by atoms with E-state index in [2.05, 4.69) is 23.5 Å². The first-order valence-corrected chi connectivity index (χ1v) is 6.87. The van der Waals surface area contributed by atoms with Gasteiger partial charge in [-0.25, -0.2) is 9.78 Å². The van der Waals surface area contributed by atoms with Gasteiger partial charge in [-0.05, 0) is 36.5 Å². The van der Waals surface area contributed by atoms with Crippen LogP contribution in [0.15, 0.2) is 12.3 Å². The number of rotatable bonds is 6. The summed E-state index contributed by atoms with van der Waals surface area (Å²) in [6, 6.07) is 1.71. The van der Waals surface area contributed by atoms with E-state index in [0.717, 1.165) is 17.9 Å². The van der Waals surface area contributed by atoms with Gasteiger partial charge in [-0.1, -0.05) is 6.92 Å². The van der Waals surface area contributed by atoms with Gasteiger partial charge in [0.2, 0.25) is 0 Å². The van der Waals surface area contributed by atoms with Gasteiger partial charge in [-0.3, -0.25) is 0 Å². The minimum absolute atomic E-state index is 0.267. The van der Waals surface area contributed by atoms with Gasteiger partial charge in [-0.15, -0.1) is 0 Å². The van der Waals surface area contributed by atoms with Crippen LogP contribution in [0.4, 0.5) is 5.82 Å². The third-order valence-electron chi connectivity index (χ3n) is 2.44. The van der Waals surface area contributed by atoms with Gasteiger partial charge in [0, 0.05) is 12.7 Å². The van der Waals surface area contributed by atoms with E-state index >= 15 is 0 Å². The predicted octanol–water partition coefficient (Wildman–Crippen LogP) is 2.50. The summed E-state index contributed by atoms with van der Waals surface area (Å²) in [7, 11) is 0. The van der Waals surface area contributed by atoms with Crippen LogP contribution >= 0.6 is 11.8 Å². The smallest absolute Gasteiger partial charge is 0.339 e. The number of nitrogens with one attached hydrogen (secondary N) is 1. The number of carboxylic acids is 1. The summed E-state index contributed by atoms with van der Waals surface area (Å²) in [4.78, 5) is 15.2. The fraction of sp³-hybridized carbons (Fsp3) is 0.500. The molecule has 0 spiro atoms. The van der Waals surface area contributed by atoms with Crippen LogP contribution in [0, 0.1) is 12.8 Å². The molecule has 1 atom stereocenters. The highest BCUT2D eigenvalue weighted by Crippen LogP contribution is 2.17. The lowest BCUT2D eigenvalue weighted by Crippen LogP contribution is -2.17. The average Bonchev–Trinajstić information content (AvgIpc) is 2.26. The lowest BCUT2D eigenvalue weighted by molar-refractivity contribution is 0.0697. The standard InChI is InChI=1S/C12H18N2O2S/c1-8(7-17-3)6-14-11-10(12(15)16)9(2)4-5-13-11/h4-5,8H,6-7H2,1-3H3,(H,13,14)(H,15,16). The van der Waals surface area contributed by atoms with E-state index in [0.29, 0.717) is 11.7 Å². The maximum atomic E-state index is 11.1. The Bertz CT molecular complexity index is 396. The van der Waals surface area contributed by atoms with Crippen LogP contribution in [-0.4, -0.2) is 34.6 Å². The number of carbonyl (C=O) groups is 1. The SMILES string of the molecule is CSCC(C)CNc1nccc(C)c1C(=O)O. The van der Waals surface area contributed by atoms with Crippen LogP contribution in [0.5, 0.6) is 0 Å². The highest BCUT2D eigenvalue weighted by Gasteiger charge is 2.14. The molecule has 0 saturated heterocycles. The molecule has 1 aromatic rings. The van der Waals surface area contributed by atoms with Crippen molar-refractivity contribution in [1.82, 2.24) is 4.98 Å². The molecular formula is C12H18N2O2S. The number of nitrogens with zero attached hydrogens (tertiary/aromatic N) is 1. The van der Waals surface area contributed by atoms with Gasteiger partial charge >= 0.3 is 5.97 Å². The first-order chi connectivity index (χ1) is 8.06. The van der Waals surface area contributed by atoms with Crippen molar-refractivity contribution in [3.05, 3.63) is 23.4 Å². The quantitative estimate of drug-likeness (QED) is 0.816. The molecule has 1 rings (SSSR count). The Morgan fingerprint density at radius 3 is 2.94 bits per heavy atom. The highest BCUT2D eigenvalue weighted by atomic mass is 32.2. The van der Waals surface area contributed by atoms with Gasteiger partial charge in [0.05, 0.1) is 0 Å². The Morgan fingerprint density at radius 1 is 1.65 bits per heavy atom. The lowest BCUT2D eigenvalue weighted by atomic mass is 10.1. The number of carboxylic acid groups (broad SMARTS) is 1. The molecule has 0 aliphatic heterocycles. The summed E-state index contributed by atoms with van der Waals surface area (Å²) in [5, 5.41) is 12.2. The molecule has 17 heavy (non-hydrogen) atoms. The molecule has 0 radical (unpaired) electrons. The van der Waals surface area contributed by atoms with Crippen molar-refractivity contribution >= 4 is 23.5 Å². The molecule has 0 aromatic carbocycles. The molecule has 1 aromatic heterocycles. The van der Waals surface area contributed by atoms with E-state index in [9.17, 15) is 4.79 Å². The molecule has 0 amide bonds. The van der Waals surface area contributed by atoms with Crippen LogP contribution < -0.4 is 5.32 Å². The Morgan fingerprint density at radius 2 is 2.35 bits per heavy atom. The van der Waals surface area contributed by atoms with Crippen molar-refractivity contribution in [2.75, 3.05) is 23.9 Å². The summed E-state index contributed by atoms with van der Waals surface area (Å²) in [6.07, 6.45) is 3.69. The second-order valence-electron chi connectivity index (χ2n) is 4.10. The largest absolute Gasteiger partial charge is 0.478 e. The van der Waals surface area contributed by atoms with E-state index in [1.54, 1.807) is 30.9 Å². The molecule has 1 unspecified atom stereocenters. The number of thioether (sulfide) groups is 1. The number of pyridine rings is 1. The first kappa shape index (κ1) is 13.8. The normalized spacial score (nSPS) is 12.2. The molecule has 2 N–H and O–H groups in total. The molecule has 0 aliphatic rings. The second-order valence-corrected chi connectivity index (χ2v) is 5.01. The topological polar surface area (TPSA) is 62.2 Å². The molecule has 5 heteroatoms. The van der Waals surface area contributed by atoms with Crippen molar-refractivity contribution < 1.29 is 9.90 Å². The van der Waals surface area contributed by atoms with Crippen molar-refractivity contribution in [2.45, 2.75) is 13.8 Å². The number of aromatic nitrogens is 1. The van der Waals surface area contributed by atoms with E-state index in [-0.39, 0.29) is 5.56 Å². The van der Waals surface area contributed by atoms with Crippen molar-refractivity contribution in [3.63, 3.8) is 0 Å². The van der Waals surface area contributed by atoms with E-state index in [4.69, 9.17) is 5.11 Å². The monoisotopic (exact) mass is 254 g/mol. The van der Waals surface area contributed by atoms with Gasteiger partial charge in [0.15, 0.2) is 0 Å². The number of aryl methyl sites for hydroxylation is 1. The zero-order valence-electron chi connectivity index (χ0n) is 10.4. The number of hydrogen-bond acceptors (Lipinski definition) is 4. The highest BCUT2D eigenvalue weighted by molar-refractivity contribution is 7.98. The van der Waals surface area contributed by atoms with Crippen LogP contribution in [0.2, 0.25) is 0 Å². The summed E-state index contributed by atoms with van der Waals surface area (Å²) < 4.78 is 0. The third kappa shape index (κ3) is 3.93. The minimum Gasteiger partial charge on any atom is -0.478 e. The van der Waals surface area contributed by atoms with Crippen molar-refractivity contribution in [3.8, 4) is 0 Å². The van der Waals surface area contributed by atoms with Crippen molar-refractivity contribution in [2.24, 2.45) is 5.92 Å². The van der Waals surface area contributed by atoms with Gasteiger partial charge < -0.3 is 10.4 Å². The molecule has 0 bridgehead atoms. The van der Waals surface area contributed by atoms with Gasteiger partial charge in [-0.2, -0.15) is 11.8 Å². The molecule has 0 aliphatic carbocycles. The Hall–Kier alpha value is -1.23. The average molecular weight is 254 g/mol. The van der Waals surface area contributed by atoms with Crippen LogP contribution in [0.1, 0.15) is 22.8 Å². The molecule has 0 fully saturated rings. The second kappa shape index (κ2) is 6.49. The van der Waals surface area contributed by atoms with E-state index < -0.39 is 5.97 Å². The van der Waals surface area contributed by atoms with Crippen LogP contribution in [-0.2, 0) is 0 Å². The number of aromatic carboxylic acids is 1. The van der Waals surface area contributed by atoms with Crippen LogP contribution in [0.3, 0.4) is 0 Å². The molecule has 4 nitrogen and oxygen atoms in total. The molecule has 0 saturated carbocycles. The zero-order chi connectivity index (χ0) is 12.8. The Kier molecular flexibility index (Phi) is 5.28. The first-order valence-electron chi connectivity index (χ1n) is 5.48. The lowest BCUT2D eigenvalue weighted by Gasteiger charge is -2.14. The minimum atomic E-state index is -0.935. The van der Waals surface area contributed by atoms with Crippen LogP contribution in [0.25, 0.3) is 0 Å². The number of hydrogen-bond donors (Lipinski definition) is 2. The Labute approximate surface area is 106 Å². The zero-order valence-corrected chi connectivity index (χ0v) is 11.2. The summed E-state index contributed by atoms with van der Waals surface area (Å²) in [5.41, 5.74) is 0.997. The van der Waals surface area contributed by atoms with Gasteiger partial charge in [0.25, 0.3) is 0 Å². The third-order valence-corrected chi connectivity index (χ3v) is 3.34. The maximum Gasteiger partial charge on any atom is 0.339 e. The van der Waals surface area contributed by atoms with E-state index in [1.165, 1.54) is 0 Å². The van der Waals surface area contributed by atoms with E-state index in [1.807, 2.05) is 0 Å². The summed E-state index contributed by atoms with van der Waals surface area (Å²) >= 11 is 1.78. The Balaban J connectivity index is 2.77. The molecular weight excluding hydrogens is 236 g/mol. The van der Waals surface area contributed by atoms with Gasteiger partial charge in [0.1, 0.15) is 11.4 Å².